The van der Waals surface area contributed by atoms with E-state index in [0.29, 0.717) is 4.70 Å². The van der Waals surface area contributed by atoms with Crippen molar-refractivity contribution in [1.29, 1.82) is 0 Å². The van der Waals surface area contributed by atoms with Crippen LogP contribution in [0.5, 0.6) is 0 Å². The molecule has 1 aromatic heterocycles. The lowest BCUT2D eigenvalue weighted by atomic mass is 10.1. The summed E-state index contributed by atoms with van der Waals surface area (Å²) >= 11 is 1.08. The first-order valence-corrected chi connectivity index (χ1v) is 7.59. The van der Waals surface area contributed by atoms with E-state index in [-0.39, 0.29) is 15.9 Å². The van der Waals surface area contributed by atoms with E-state index < -0.39 is 23.5 Å². The lowest BCUT2D eigenvalue weighted by Crippen LogP contribution is -2.14. The molecule has 2 aromatic carbocycles. The number of aryl methyl sites for hydroxylation is 1. The number of amides is 1. The molecule has 3 aromatic rings. The Morgan fingerprint density at radius 2 is 1.88 bits per heavy atom. The molecule has 0 unspecified atom stereocenters. The van der Waals surface area contributed by atoms with Crippen LogP contribution in [0, 0.1) is 5.82 Å². The Labute approximate surface area is 137 Å². The summed E-state index contributed by atoms with van der Waals surface area (Å²) in [7, 11) is 1.54. The second-order valence-electron chi connectivity index (χ2n) is 5.03. The third-order valence-corrected chi connectivity index (χ3v) is 4.50. The van der Waals surface area contributed by atoms with E-state index in [9.17, 15) is 22.4 Å². The number of carbonyl (C=O) groups excluding carboxylic acids is 1. The normalized spacial score (nSPS) is 12.8. The molecule has 3 nitrogen and oxygen atoms in total. The molecule has 1 heterocycles. The van der Waals surface area contributed by atoms with Gasteiger partial charge in [0.15, 0.2) is 4.80 Å². The number of thiazole rings is 1. The van der Waals surface area contributed by atoms with Gasteiger partial charge in [0, 0.05) is 12.6 Å². The molecule has 0 aliphatic heterocycles. The third-order valence-electron chi connectivity index (χ3n) is 3.41. The van der Waals surface area contributed by atoms with Crippen molar-refractivity contribution >= 4 is 27.5 Å². The Morgan fingerprint density at radius 3 is 2.54 bits per heavy atom. The summed E-state index contributed by atoms with van der Waals surface area (Å²) < 4.78 is 54.0. The summed E-state index contributed by atoms with van der Waals surface area (Å²) in [6.45, 7) is 0. The molecule has 0 aliphatic carbocycles. The van der Waals surface area contributed by atoms with E-state index in [4.69, 9.17) is 0 Å². The summed E-state index contributed by atoms with van der Waals surface area (Å²) in [4.78, 5) is 16.2. The van der Waals surface area contributed by atoms with Crippen LogP contribution in [-0.4, -0.2) is 10.5 Å². The van der Waals surface area contributed by atoms with Crippen molar-refractivity contribution in [3.8, 4) is 0 Å². The SMILES string of the molecule is Cn1c(=NC(=O)c2cccc(C(F)(F)F)c2)sc2cccc(F)c21. The van der Waals surface area contributed by atoms with Gasteiger partial charge in [-0.1, -0.05) is 23.5 Å². The number of fused-ring (bicyclic) bond motifs is 1. The van der Waals surface area contributed by atoms with Crippen LogP contribution in [0.15, 0.2) is 47.5 Å². The number of hydrogen-bond donors (Lipinski definition) is 0. The number of halogens is 4. The molecule has 0 N–H and O–H groups in total. The van der Waals surface area contributed by atoms with Crippen LogP contribution in [-0.2, 0) is 13.2 Å². The summed E-state index contributed by atoms with van der Waals surface area (Å²) in [5.74, 6) is -1.28. The molecule has 24 heavy (non-hydrogen) atoms. The number of nitrogens with zero attached hydrogens (tertiary/aromatic N) is 2. The number of alkyl halides is 3. The van der Waals surface area contributed by atoms with E-state index in [1.807, 2.05) is 0 Å². The zero-order chi connectivity index (χ0) is 17.5. The molecule has 0 saturated heterocycles. The molecule has 0 fully saturated rings. The topological polar surface area (TPSA) is 34.4 Å². The highest BCUT2D eigenvalue weighted by molar-refractivity contribution is 7.16. The largest absolute Gasteiger partial charge is 0.416 e. The minimum absolute atomic E-state index is 0.178. The van der Waals surface area contributed by atoms with Crippen molar-refractivity contribution in [3.63, 3.8) is 0 Å². The van der Waals surface area contributed by atoms with Gasteiger partial charge in [-0.2, -0.15) is 18.2 Å². The predicted octanol–water partition coefficient (Wildman–Crippen LogP) is 4.14. The molecule has 8 heteroatoms. The summed E-state index contributed by atoms with van der Waals surface area (Å²) in [6.07, 6.45) is -4.54. The minimum Gasteiger partial charge on any atom is -0.317 e. The number of benzene rings is 2. The molecule has 0 radical (unpaired) electrons. The zero-order valence-electron chi connectivity index (χ0n) is 12.3. The number of carbonyl (C=O) groups is 1. The third kappa shape index (κ3) is 2.96. The van der Waals surface area contributed by atoms with Crippen molar-refractivity contribution in [1.82, 2.24) is 4.57 Å². The maximum Gasteiger partial charge on any atom is 0.416 e. The Balaban J connectivity index is 2.08. The van der Waals surface area contributed by atoms with Crippen LogP contribution < -0.4 is 4.80 Å². The maximum atomic E-state index is 13.8. The first-order valence-electron chi connectivity index (χ1n) is 6.78. The number of para-hydroxylation sites is 1. The molecule has 0 saturated carbocycles. The standard InChI is InChI=1S/C16H10F4N2OS/c1-22-13-11(17)6-3-7-12(13)24-15(22)21-14(23)9-4-2-5-10(8-9)16(18,19)20/h2-8H,1H3. The number of rotatable bonds is 1. The van der Waals surface area contributed by atoms with Crippen molar-refractivity contribution in [2.24, 2.45) is 12.0 Å². The average Bonchev–Trinajstić information content (AvgIpc) is 2.84. The monoisotopic (exact) mass is 354 g/mol. The number of aromatic nitrogens is 1. The number of hydrogen-bond acceptors (Lipinski definition) is 2. The van der Waals surface area contributed by atoms with Gasteiger partial charge < -0.3 is 4.57 Å². The smallest absolute Gasteiger partial charge is 0.317 e. The summed E-state index contributed by atoms with van der Waals surface area (Å²) in [6, 6.07) is 8.54. The van der Waals surface area contributed by atoms with Gasteiger partial charge in [0.2, 0.25) is 0 Å². The van der Waals surface area contributed by atoms with E-state index in [2.05, 4.69) is 4.99 Å². The fourth-order valence-electron chi connectivity index (χ4n) is 2.24. The van der Waals surface area contributed by atoms with E-state index >= 15 is 0 Å². The van der Waals surface area contributed by atoms with Gasteiger partial charge in [-0.05, 0) is 30.3 Å². The molecule has 0 aliphatic rings. The van der Waals surface area contributed by atoms with Gasteiger partial charge in [0.25, 0.3) is 5.91 Å². The van der Waals surface area contributed by atoms with Crippen molar-refractivity contribution < 1.29 is 22.4 Å². The van der Waals surface area contributed by atoms with Gasteiger partial charge in [-0.25, -0.2) is 4.39 Å². The Hall–Kier alpha value is -2.48. The maximum absolute atomic E-state index is 13.8. The predicted molar refractivity (Wildman–Crippen MR) is 82.1 cm³/mol. The van der Waals surface area contributed by atoms with Crippen molar-refractivity contribution in [3.05, 3.63) is 64.2 Å². The quantitative estimate of drug-likeness (QED) is 0.605. The lowest BCUT2D eigenvalue weighted by molar-refractivity contribution is -0.137. The molecular weight excluding hydrogens is 344 g/mol. The van der Waals surface area contributed by atoms with E-state index in [0.717, 1.165) is 29.5 Å². The molecule has 0 bridgehead atoms. The molecule has 1 amide bonds. The Kier molecular flexibility index (Phi) is 4.00. The highest BCUT2D eigenvalue weighted by Crippen LogP contribution is 2.29. The van der Waals surface area contributed by atoms with Crippen LogP contribution in [0.3, 0.4) is 0 Å². The molecule has 124 valence electrons. The fourth-order valence-corrected chi connectivity index (χ4v) is 3.27. The van der Waals surface area contributed by atoms with Gasteiger partial charge >= 0.3 is 6.18 Å². The van der Waals surface area contributed by atoms with Gasteiger partial charge in [-0.3, -0.25) is 4.79 Å². The van der Waals surface area contributed by atoms with Gasteiger partial charge in [0.1, 0.15) is 5.82 Å². The van der Waals surface area contributed by atoms with Gasteiger partial charge in [-0.15, -0.1) is 0 Å². The lowest BCUT2D eigenvalue weighted by Gasteiger charge is -2.06. The molecule has 0 spiro atoms. The summed E-state index contributed by atoms with van der Waals surface area (Å²) in [5, 5.41) is 0. The first kappa shape index (κ1) is 16.4. The second-order valence-corrected chi connectivity index (χ2v) is 6.03. The van der Waals surface area contributed by atoms with Crippen LogP contribution >= 0.6 is 11.3 Å². The highest BCUT2D eigenvalue weighted by Gasteiger charge is 2.30. The Morgan fingerprint density at radius 1 is 1.17 bits per heavy atom. The first-order chi connectivity index (χ1) is 11.3. The van der Waals surface area contributed by atoms with Gasteiger partial charge in [0.05, 0.1) is 15.8 Å². The average molecular weight is 354 g/mol. The molecule has 3 rings (SSSR count). The zero-order valence-corrected chi connectivity index (χ0v) is 13.1. The highest BCUT2D eigenvalue weighted by atomic mass is 32.1. The van der Waals surface area contributed by atoms with Crippen molar-refractivity contribution in [2.75, 3.05) is 0 Å². The summed E-state index contributed by atoms with van der Waals surface area (Å²) in [5.41, 5.74) is -0.809. The fraction of sp³-hybridized carbons (Fsp3) is 0.125. The molecular formula is C16H10F4N2OS. The molecule has 0 atom stereocenters. The minimum atomic E-state index is -4.54. The van der Waals surface area contributed by atoms with Crippen LogP contribution in [0.2, 0.25) is 0 Å². The van der Waals surface area contributed by atoms with E-state index in [1.165, 1.54) is 22.8 Å². The Bertz CT molecular complexity index is 1000. The second kappa shape index (κ2) is 5.86. The van der Waals surface area contributed by atoms with Crippen LogP contribution in [0.4, 0.5) is 17.6 Å². The van der Waals surface area contributed by atoms with Crippen LogP contribution in [0.1, 0.15) is 15.9 Å². The van der Waals surface area contributed by atoms with E-state index in [1.54, 1.807) is 13.1 Å². The van der Waals surface area contributed by atoms with Crippen LogP contribution in [0.25, 0.3) is 10.2 Å². The van der Waals surface area contributed by atoms with Crippen molar-refractivity contribution in [2.45, 2.75) is 6.18 Å².